The molecule has 2 aromatic heterocycles. The number of carbonyl (C=O) groups is 1. The number of amides is 1. The summed E-state index contributed by atoms with van der Waals surface area (Å²) in [4.78, 5) is 18.9. The second-order valence-electron chi connectivity index (χ2n) is 5.31. The number of hydrogen-bond donors (Lipinski definition) is 0. The Morgan fingerprint density at radius 3 is 2.95 bits per heavy atom. The molecule has 1 amide bonds. The average Bonchev–Trinajstić information content (AvgIpc) is 3.02. The van der Waals surface area contributed by atoms with Crippen molar-refractivity contribution >= 4 is 21.8 Å². The standard InChI is InChI=1S/C14H17BrN4O/c1-10(2)19-8-11(15)7-12(19)14(20)18-6-5-17-4-3-16-13(17)9-18/h3-4,7-8,10H,5-6,9H2,1-2H3. The smallest absolute Gasteiger partial charge is 0.270 e. The van der Waals surface area contributed by atoms with Gasteiger partial charge in [-0.1, -0.05) is 0 Å². The molecule has 2 aromatic rings. The summed E-state index contributed by atoms with van der Waals surface area (Å²) in [5.41, 5.74) is 0.729. The van der Waals surface area contributed by atoms with E-state index >= 15 is 0 Å². The summed E-state index contributed by atoms with van der Waals surface area (Å²) in [5.74, 6) is 1.02. The lowest BCUT2D eigenvalue weighted by atomic mass is 10.3. The molecule has 6 heteroatoms. The molecule has 3 heterocycles. The van der Waals surface area contributed by atoms with Crippen LogP contribution in [0.2, 0.25) is 0 Å². The molecule has 0 fully saturated rings. The number of halogens is 1. The Bertz CT molecular complexity index is 643. The van der Waals surface area contributed by atoms with Crippen molar-refractivity contribution < 1.29 is 4.79 Å². The zero-order valence-corrected chi connectivity index (χ0v) is 13.2. The molecule has 0 bridgehead atoms. The molecular weight excluding hydrogens is 320 g/mol. The Morgan fingerprint density at radius 2 is 2.20 bits per heavy atom. The number of hydrogen-bond acceptors (Lipinski definition) is 2. The molecule has 0 N–H and O–H groups in total. The second kappa shape index (κ2) is 5.09. The monoisotopic (exact) mass is 336 g/mol. The van der Waals surface area contributed by atoms with Gasteiger partial charge in [-0.2, -0.15) is 0 Å². The van der Waals surface area contributed by atoms with Crippen LogP contribution in [0.25, 0.3) is 0 Å². The second-order valence-corrected chi connectivity index (χ2v) is 6.22. The molecule has 3 rings (SSSR count). The lowest BCUT2D eigenvalue weighted by Crippen LogP contribution is -2.39. The van der Waals surface area contributed by atoms with Crippen LogP contribution in [0, 0.1) is 0 Å². The van der Waals surface area contributed by atoms with Gasteiger partial charge in [-0.3, -0.25) is 4.79 Å². The van der Waals surface area contributed by atoms with Crippen LogP contribution in [0.1, 0.15) is 36.2 Å². The summed E-state index contributed by atoms with van der Waals surface area (Å²) < 4.78 is 5.04. The highest BCUT2D eigenvalue weighted by Gasteiger charge is 2.25. The van der Waals surface area contributed by atoms with Crippen molar-refractivity contribution in [2.45, 2.75) is 33.0 Å². The zero-order chi connectivity index (χ0) is 14.3. The van der Waals surface area contributed by atoms with Gasteiger partial charge in [0.25, 0.3) is 5.91 Å². The van der Waals surface area contributed by atoms with Gasteiger partial charge < -0.3 is 14.0 Å². The first-order chi connectivity index (χ1) is 9.56. The van der Waals surface area contributed by atoms with E-state index in [2.05, 4.69) is 39.3 Å². The fraction of sp³-hybridized carbons (Fsp3) is 0.429. The molecule has 0 aromatic carbocycles. The van der Waals surface area contributed by atoms with Crippen molar-refractivity contribution in [1.29, 1.82) is 0 Å². The van der Waals surface area contributed by atoms with E-state index in [1.165, 1.54) is 0 Å². The highest BCUT2D eigenvalue weighted by atomic mass is 79.9. The van der Waals surface area contributed by atoms with Gasteiger partial charge in [0.15, 0.2) is 0 Å². The van der Waals surface area contributed by atoms with Gasteiger partial charge in [0, 0.05) is 42.2 Å². The molecule has 5 nitrogen and oxygen atoms in total. The SMILES string of the molecule is CC(C)n1cc(Br)cc1C(=O)N1CCn2ccnc2C1. The van der Waals surface area contributed by atoms with Crippen LogP contribution < -0.4 is 0 Å². The molecule has 1 aliphatic heterocycles. The van der Waals surface area contributed by atoms with Crippen LogP contribution in [0.3, 0.4) is 0 Å². The molecule has 1 aliphatic rings. The molecular formula is C14H17BrN4O. The Labute approximate surface area is 126 Å². The average molecular weight is 337 g/mol. The largest absolute Gasteiger partial charge is 0.340 e. The van der Waals surface area contributed by atoms with Crippen LogP contribution >= 0.6 is 15.9 Å². The summed E-state index contributed by atoms with van der Waals surface area (Å²) in [6.07, 6.45) is 5.71. The minimum absolute atomic E-state index is 0.0682. The number of rotatable bonds is 2. The highest BCUT2D eigenvalue weighted by molar-refractivity contribution is 9.10. The van der Waals surface area contributed by atoms with Gasteiger partial charge in [-0.25, -0.2) is 4.98 Å². The summed E-state index contributed by atoms with van der Waals surface area (Å²) in [7, 11) is 0. The highest BCUT2D eigenvalue weighted by Crippen LogP contribution is 2.22. The van der Waals surface area contributed by atoms with Crippen LogP contribution in [0.4, 0.5) is 0 Å². The fourth-order valence-electron chi connectivity index (χ4n) is 2.55. The Kier molecular flexibility index (Phi) is 3.41. The third-order valence-electron chi connectivity index (χ3n) is 3.62. The van der Waals surface area contributed by atoms with E-state index in [1.807, 2.05) is 27.9 Å². The molecule has 106 valence electrons. The number of nitrogens with zero attached hydrogens (tertiary/aromatic N) is 4. The van der Waals surface area contributed by atoms with Crippen LogP contribution in [0.15, 0.2) is 29.1 Å². The molecule has 0 radical (unpaired) electrons. The molecule has 0 atom stereocenters. The number of carbonyl (C=O) groups excluding carboxylic acids is 1. The normalized spacial score (nSPS) is 14.7. The minimum atomic E-state index is 0.0682. The predicted octanol–water partition coefficient (Wildman–Crippen LogP) is 2.68. The van der Waals surface area contributed by atoms with E-state index in [-0.39, 0.29) is 11.9 Å². The van der Waals surface area contributed by atoms with Gasteiger partial charge in [-0.15, -0.1) is 0 Å². The Hall–Kier alpha value is -1.56. The number of aromatic nitrogens is 3. The van der Waals surface area contributed by atoms with Gasteiger partial charge in [-0.05, 0) is 35.8 Å². The maximum Gasteiger partial charge on any atom is 0.270 e. The van der Waals surface area contributed by atoms with E-state index < -0.39 is 0 Å². The van der Waals surface area contributed by atoms with E-state index in [1.54, 1.807) is 6.20 Å². The predicted molar refractivity (Wildman–Crippen MR) is 79.5 cm³/mol. The van der Waals surface area contributed by atoms with Gasteiger partial charge in [0.2, 0.25) is 0 Å². The van der Waals surface area contributed by atoms with Gasteiger partial charge >= 0.3 is 0 Å². The summed E-state index contributed by atoms with van der Waals surface area (Å²) in [5, 5.41) is 0. The van der Waals surface area contributed by atoms with Crippen molar-refractivity contribution in [2.75, 3.05) is 6.54 Å². The summed E-state index contributed by atoms with van der Waals surface area (Å²) in [6, 6.07) is 2.15. The van der Waals surface area contributed by atoms with E-state index in [4.69, 9.17) is 0 Å². The van der Waals surface area contributed by atoms with Crippen LogP contribution in [-0.4, -0.2) is 31.5 Å². The number of fused-ring (bicyclic) bond motifs is 1. The minimum Gasteiger partial charge on any atom is -0.340 e. The maximum absolute atomic E-state index is 12.7. The van der Waals surface area contributed by atoms with E-state index in [0.29, 0.717) is 6.54 Å². The first kappa shape index (κ1) is 13.4. The third-order valence-corrected chi connectivity index (χ3v) is 4.06. The van der Waals surface area contributed by atoms with Crippen molar-refractivity contribution in [2.24, 2.45) is 0 Å². The van der Waals surface area contributed by atoms with Crippen LogP contribution in [-0.2, 0) is 13.1 Å². The molecule has 20 heavy (non-hydrogen) atoms. The zero-order valence-electron chi connectivity index (χ0n) is 11.6. The van der Waals surface area contributed by atoms with Crippen molar-refractivity contribution in [1.82, 2.24) is 19.0 Å². The summed E-state index contributed by atoms with van der Waals surface area (Å²) >= 11 is 3.46. The van der Waals surface area contributed by atoms with Crippen molar-refractivity contribution in [3.63, 3.8) is 0 Å². The third kappa shape index (κ3) is 2.28. The van der Waals surface area contributed by atoms with Crippen LogP contribution in [0.5, 0.6) is 0 Å². The van der Waals surface area contributed by atoms with E-state index in [9.17, 15) is 4.79 Å². The maximum atomic E-state index is 12.7. The lowest BCUT2D eigenvalue weighted by molar-refractivity contribution is 0.0695. The van der Waals surface area contributed by atoms with Crippen molar-refractivity contribution in [3.05, 3.63) is 40.6 Å². The molecule has 0 aliphatic carbocycles. The fourth-order valence-corrected chi connectivity index (χ4v) is 2.99. The Morgan fingerprint density at radius 1 is 1.40 bits per heavy atom. The molecule has 0 unspecified atom stereocenters. The number of imidazole rings is 1. The van der Waals surface area contributed by atoms with Gasteiger partial charge in [0.05, 0.1) is 6.54 Å². The molecule has 0 saturated heterocycles. The lowest BCUT2D eigenvalue weighted by Gasteiger charge is -2.28. The molecule has 0 saturated carbocycles. The first-order valence-electron chi connectivity index (χ1n) is 6.73. The topological polar surface area (TPSA) is 43.1 Å². The first-order valence-corrected chi connectivity index (χ1v) is 7.52. The quantitative estimate of drug-likeness (QED) is 0.846. The molecule has 0 spiro atoms. The summed E-state index contributed by atoms with van der Waals surface area (Å²) in [6.45, 7) is 6.26. The van der Waals surface area contributed by atoms with Crippen molar-refractivity contribution in [3.8, 4) is 0 Å². The Balaban J connectivity index is 1.87. The van der Waals surface area contributed by atoms with Gasteiger partial charge in [0.1, 0.15) is 11.5 Å². The van der Waals surface area contributed by atoms with E-state index in [0.717, 1.165) is 29.1 Å².